The molecule has 0 bridgehead atoms. The van der Waals surface area contributed by atoms with Gasteiger partial charge in [0.2, 0.25) is 5.75 Å². The first-order valence-electron chi connectivity index (χ1n) is 5.89. The van der Waals surface area contributed by atoms with Crippen LogP contribution < -0.4 is 4.74 Å². The molecule has 0 saturated heterocycles. The van der Waals surface area contributed by atoms with Gasteiger partial charge in [0.15, 0.2) is 17.4 Å². The summed E-state index contributed by atoms with van der Waals surface area (Å²) < 4.78 is 82.4. The largest absolute Gasteiger partial charge is 0.443 e. The highest BCUT2D eigenvalue weighted by Gasteiger charge is 2.34. The number of hydrogen-bond acceptors (Lipinski definition) is 3. The summed E-state index contributed by atoms with van der Waals surface area (Å²) in [6.07, 6.45) is -5.01. The molecular weight excluding hydrogens is 412 g/mol. The molecular formula is C13H4BrF6NO3. The second-order valence-corrected chi connectivity index (χ2v) is 5.13. The van der Waals surface area contributed by atoms with Crippen LogP contribution >= 0.6 is 15.9 Å². The van der Waals surface area contributed by atoms with Crippen molar-refractivity contribution in [2.24, 2.45) is 0 Å². The minimum atomic E-state index is -5.01. The normalized spacial score (nSPS) is 11.5. The monoisotopic (exact) mass is 415 g/mol. The SMILES string of the molecule is O=[N+]([O-])c1ccc(F)c(Br)c1Oc1c(F)cc(C(F)(F)F)cc1F. The van der Waals surface area contributed by atoms with E-state index in [9.17, 15) is 36.5 Å². The van der Waals surface area contributed by atoms with Crippen molar-refractivity contribution in [3.05, 3.63) is 61.9 Å². The predicted molar refractivity (Wildman–Crippen MR) is 72.2 cm³/mol. The van der Waals surface area contributed by atoms with Crippen molar-refractivity contribution in [3.63, 3.8) is 0 Å². The first kappa shape index (κ1) is 18.0. The maximum absolute atomic E-state index is 13.7. The van der Waals surface area contributed by atoms with Gasteiger partial charge in [0, 0.05) is 6.07 Å². The molecule has 0 heterocycles. The van der Waals surface area contributed by atoms with Crippen molar-refractivity contribution in [2.45, 2.75) is 6.18 Å². The third-order valence-corrected chi connectivity index (χ3v) is 3.49. The van der Waals surface area contributed by atoms with Crippen LogP contribution in [0.5, 0.6) is 11.5 Å². The van der Waals surface area contributed by atoms with Crippen molar-refractivity contribution >= 4 is 21.6 Å². The number of halogens is 7. The molecule has 0 amide bonds. The van der Waals surface area contributed by atoms with Gasteiger partial charge < -0.3 is 4.74 Å². The Balaban J connectivity index is 2.57. The fourth-order valence-electron chi connectivity index (χ4n) is 1.69. The zero-order valence-corrected chi connectivity index (χ0v) is 12.7. The van der Waals surface area contributed by atoms with E-state index in [1.54, 1.807) is 0 Å². The van der Waals surface area contributed by atoms with Gasteiger partial charge in [-0.15, -0.1) is 0 Å². The summed E-state index contributed by atoms with van der Waals surface area (Å²) in [4.78, 5) is 9.86. The molecule has 128 valence electrons. The third-order valence-electron chi connectivity index (χ3n) is 2.76. The molecule has 0 saturated carbocycles. The summed E-state index contributed by atoms with van der Waals surface area (Å²) in [7, 11) is 0. The average molecular weight is 416 g/mol. The first-order chi connectivity index (χ1) is 11.0. The Morgan fingerprint density at radius 2 is 1.54 bits per heavy atom. The second kappa shape index (κ2) is 6.30. The molecule has 0 aliphatic heterocycles. The topological polar surface area (TPSA) is 52.4 Å². The van der Waals surface area contributed by atoms with E-state index in [1.165, 1.54) is 0 Å². The molecule has 0 spiro atoms. The predicted octanol–water partition coefficient (Wildman–Crippen LogP) is 5.59. The molecule has 2 rings (SSSR count). The highest BCUT2D eigenvalue weighted by Crippen LogP contribution is 2.42. The van der Waals surface area contributed by atoms with Crippen LogP contribution in [0.3, 0.4) is 0 Å². The maximum atomic E-state index is 13.7. The van der Waals surface area contributed by atoms with E-state index in [-0.39, 0.29) is 12.1 Å². The van der Waals surface area contributed by atoms with Gasteiger partial charge in [0.05, 0.1) is 10.5 Å². The Bertz CT molecular complexity index is 801. The van der Waals surface area contributed by atoms with E-state index in [2.05, 4.69) is 20.7 Å². The molecule has 0 unspecified atom stereocenters. The van der Waals surface area contributed by atoms with E-state index in [0.717, 1.165) is 0 Å². The summed E-state index contributed by atoms with van der Waals surface area (Å²) >= 11 is 2.62. The number of ether oxygens (including phenoxy) is 1. The van der Waals surface area contributed by atoms with Crippen LogP contribution in [0, 0.1) is 27.6 Å². The lowest BCUT2D eigenvalue weighted by molar-refractivity contribution is -0.385. The van der Waals surface area contributed by atoms with Crippen LogP contribution in [-0.2, 0) is 6.18 Å². The van der Waals surface area contributed by atoms with E-state index in [4.69, 9.17) is 0 Å². The molecule has 0 atom stereocenters. The van der Waals surface area contributed by atoms with Gasteiger partial charge in [-0.05, 0) is 34.1 Å². The van der Waals surface area contributed by atoms with Gasteiger partial charge in [-0.1, -0.05) is 0 Å². The van der Waals surface area contributed by atoms with Crippen LogP contribution in [0.25, 0.3) is 0 Å². The van der Waals surface area contributed by atoms with Crippen LogP contribution in [0.15, 0.2) is 28.7 Å². The quantitative estimate of drug-likeness (QED) is 0.373. The Hall–Kier alpha value is -2.30. The Kier molecular flexibility index (Phi) is 4.74. The molecule has 24 heavy (non-hydrogen) atoms. The van der Waals surface area contributed by atoms with E-state index in [0.29, 0.717) is 12.1 Å². The molecule has 0 fully saturated rings. The van der Waals surface area contributed by atoms with E-state index < -0.39 is 55.8 Å². The Morgan fingerprint density at radius 3 is 2.00 bits per heavy atom. The molecule has 2 aromatic rings. The zero-order chi connectivity index (χ0) is 18.2. The summed E-state index contributed by atoms with van der Waals surface area (Å²) in [6.45, 7) is 0. The molecule has 4 nitrogen and oxygen atoms in total. The molecule has 0 aromatic heterocycles. The van der Waals surface area contributed by atoms with Crippen molar-refractivity contribution in [3.8, 4) is 11.5 Å². The molecule has 0 aliphatic carbocycles. The number of benzene rings is 2. The fourth-order valence-corrected chi connectivity index (χ4v) is 2.10. The molecule has 0 aliphatic rings. The van der Waals surface area contributed by atoms with E-state index in [1.807, 2.05) is 0 Å². The summed E-state index contributed by atoms with van der Waals surface area (Å²) in [5.74, 6) is -6.78. The maximum Gasteiger partial charge on any atom is 0.416 e. The molecule has 0 N–H and O–H groups in total. The van der Waals surface area contributed by atoms with Gasteiger partial charge in [-0.3, -0.25) is 10.1 Å². The first-order valence-corrected chi connectivity index (χ1v) is 6.68. The number of rotatable bonds is 3. The standard InChI is InChI=1S/C13H4BrF6NO3/c14-10-6(15)1-2-9(21(22)23)12(10)24-11-7(16)3-5(4-8(11)17)13(18,19)20/h1-4H. The van der Waals surface area contributed by atoms with Crippen molar-refractivity contribution in [1.29, 1.82) is 0 Å². The smallest absolute Gasteiger partial charge is 0.416 e. The van der Waals surface area contributed by atoms with Crippen LogP contribution in [0.1, 0.15) is 5.56 Å². The lowest BCUT2D eigenvalue weighted by Crippen LogP contribution is -2.07. The lowest BCUT2D eigenvalue weighted by Gasteiger charge is -2.13. The van der Waals surface area contributed by atoms with Crippen LogP contribution in [0.4, 0.5) is 32.0 Å². The zero-order valence-electron chi connectivity index (χ0n) is 11.1. The number of nitro benzene ring substituents is 1. The average Bonchev–Trinajstić information content (AvgIpc) is 2.45. The highest BCUT2D eigenvalue weighted by molar-refractivity contribution is 9.10. The van der Waals surface area contributed by atoms with Crippen LogP contribution in [0.2, 0.25) is 0 Å². The molecule has 2 aromatic carbocycles. The number of alkyl halides is 3. The minimum absolute atomic E-state index is 0.0442. The van der Waals surface area contributed by atoms with Crippen LogP contribution in [-0.4, -0.2) is 4.92 Å². The fraction of sp³-hybridized carbons (Fsp3) is 0.0769. The second-order valence-electron chi connectivity index (χ2n) is 4.34. The van der Waals surface area contributed by atoms with Crippen molar-refractivity contribution < 1.29 is 36.0 Å². The molecule has 11 heteroatoms. The van der Waals surface area contributed by atoms with Gasteiger partial charge in [0.25, 0.3) is 0 Å². The van der Waals surface area contributed by atoms with Crippen molar-refractivity contribution in [2.75, 3.05) is 0 Å². The Labute approximate surface area is 137 Å². The summed E-state index contributed by atoms with van der Waals surface area (Å²) in [6, 6.07) is 1.29. The summed E-state index contributed by atoms with van der Waals surface area (Å²) in [5, 5.41) is 10.9. The van der Waals surface area contributed by atoms with Gasteiger partial charge in [0.1, 0.15) is 10.3 Å². The van der Waals surface area contributed by atoms with Gasteiger partial charge >= 0.3 is 11.9 Å². The number of nitrogens with zero attached hydrogens (tertiary/aromatic N) is 1. The summed E-state index contributed by atoms with van der Waals surface area (Å²) in [5.41, 5.74) is -2.46. The number of hydrogen-bond donors (Lipinski definition) is 0. The third kappa shape index (κ3) is 3.45. The van der Waals surface area contributed by atoms with Crippen molar-refractivity contribution in [1.82, 2.24) is 0 Å². The highest BCUT2D eigenvalue weighted by atomic mass is 79.9. The number of nitro groups is 1. The van der Waals surface area contributed by atoms with E-state index >= 15 is 0 Å². The Morgan fingerprint density at radius 1 is 1.00 bits per heavy atom. The minimum Gasteiger partial charge on any atom is -0.443 e. The molecule has 0 radical (unpaired) electrons. The van der Waals surface area contributed by atoms with Gasteiger partial charge in [-0.25, -0.2) is 13.2 Å². The lowest BCUT2D eigenvalue weighted by atomic mass is 10.2. The van der Waals surface area contributed by atoms with Gasteiger partial charge in [-0.2, -0.15) is 13.2 Å².